The fourth-order valence-corrected chi connectivity index (χ4v) is 2.45. The molecule has 7 nitrogen and oxygen atoms in total. The summed E-state index contributed by atoms with van der Waals surface area (Å²) in [6, 6.07) is 1.95. The van der Waals surface area contributed by atoms with Gasteiger partial charge in [-0.3, -0.25) is 9.97 Å². The Kier molecular flexibility index (Phi) is 3.72. The normalized spacial score (nSPS) is 15.1. The highest BCUT2D eigenvalue weighted by atomic mass is 16.5. The van der Waals surface area contributed by atoms with E-state index >= 15 is 0 Å². The van der Waals surface area contributed by atoms with Gasteiger partial charge in [-0.05, 0) is 6.07 Å². The molecule has 2 N–H and O–H groups in total. The van der Waals surface area contributed by atoms with E-state index in [1.165, 1.54) is 0 Å². The zero-order valence-electron chi connectivity index (χ0n) is 11.9. The summed E-state index contributed by atoms with van der Waals surface area (Å²) in [6.45, 7) is 3.49. The zero-order valence-corrected chi connectivity index (χ0v) is 11.9. The van der Waals surface area contributed by atoms with E-state index in [2.05, 4.69) is 24.8 Å². The minimum absolute atomic E-state index is 0.535. The van der Waals surface area contributed by atoms with Gasteiger partial charge >= 0.3 is 0 Å². The van der Waals surface area contributed by atoms with E-state index in [0.29, 0.717) is 11.6 Å². The number of rotatable bonds is 3. The highest BCUT2D eigenvalue weighted by Gasteiger charge is 2.20. The molecule has 1 fully saturated rings. The van der Waals surface area contributed by atoms with Crippen molar-refractivity contribution in [1.82, 2.24) is 15.0 Å². The molecule has 21 heavy (non-hydrogen) atoms. The van der Waals surface area contributed by atoms with E-state index in [9.17, 15) is 0 Å². The SMILES string of the molecule is COc1cncc(N2CCN(c3ccncc3N)CC2)n1. The number of nitrogens with zero attached hydrogens (tertiary/aromatic N) is 5. The van der Waals surface area contributed by atoms with Gasteiger partial charge in [-0.15, -0.1) is 0 Å². The summed E-state index contributed by atoms with van der Waals surface area (Å²) in [7, 11) is 1.60. The maximum Gasteiger partial charge on any atom is 0.233 e. The summed E-state index contributed by atoms with van der Waals surface area (Å²) in [5.41, 5.74) is 7.74. The quantitative estimate of drug-likeness (QED) is 0.893. The summed E-state index contributed by atoms with van der Waals surface area (Å²) in [5.74, 6) is 1.38. The maximum atomic E-state index is 5.98. The van der Waals surface area contributed by atoms with Crippen LogP contribution in [0.1, 0.15) is 0 Å². The Labute approximate surface area is 123 Å². The van der Waals surface area contributed by atoms with Crippen LogP contribution in [0.3, 0.4) is 0 Å². The predicted octanol–water partition coefficient (Wildman–Crippen LogP) is 0.789. The second-order valence-electron chi connectivity index (χ2n) is 4.83. The van der Waals surface area contributed by atoms with E-state index in [0.717, 1.165) is 37.7 Å². The molecular formula is C14H18N6O. The third-order valence-electron chi connectivity index (χ3n) is 3.58. The Hall–Kier alpha value is -2.57. The Morgan fingerprint density at radius 2 is 1.81 bits per heavy atom. The Balaban J connectivity index is 1.69. The minimum Gasteiger partial charge on any atom is -0.480 e. The molecule has 1 aliphatic rings. The first-order valence-corrected chi connectivity index (χ1v) is 6.83. The lowest BCUT2D eigenvalue weighted by Crippen LogP contribution is -2.47. The number of hydrogen-bond donors (Lipinski definition) is 1. The monoisotopic (exact) mass is 286 g/mol. The van der Waals surface area contributed by atoms with Gasteiger partial charge < -0.3 is 20.3 Å². The average molecular weight is 286 g/mol. The van der Waals surface area contributed by atoms with E-state index < -0.39 is 0 Å². The van der Waals surface area contributed by atoms with Gasteiger partial charge in [-0.2, -0.15) is 4.98 Å². The van der Waals surface area contributed by atoms with Crippen LogP contribution in [0.4, 0.5) is 17.2 Å². The molecule has 2 aromatic heterocycles. The molecule has 0 bridgehead atoms. The largest absolute Gasteiger partial charge is 0.480 e. The standard InChI is InChI=1S/C14H18N6O/c1-21-14-10-17-9-13(18-14)20-6-4-19(5-7-20)12-2-3-16-8-11(12)15/h2-3,8-10H,4-7,15H2,1H3. The first kappa shape index (κ1) is 13.4. The van der Waals surface area contributed by atoms with Crippen LogP contribution < -0.4 is 20.3 Å². The minimum atomic E-state index is 0.535. The van der Waals surface area contributed by atoms with Gasteiger partial charge in [0.1, 0.15) is 0 Å². The highest BCUT2D eigenvalue weighted by molar-refractivity contribution is 5.66. The van der Waals surface area contributed by atoms with Crippen molar-refractivity contribution in [2.24, 2.45) is 0 Å². The van der Waals surface area contributed by atoms with E-state index in [1.807, 2.05) is 6.07 Å². The van der Waals surface area contributed by atoms with E-state index in [4.69, 9.17) is 10.5 Å². The summed E-state index contributed by atoms with van der Waals surface area (Å²) < 4.78 is 5.12. The third kappa shape index (κ3) is 2.81. The van der Waals surface area contributed by atoms with Crippen LogP contribution >= 0.6 is 0 Å². The molecule has 0 atom stereocenters. The first-order chi connectivity index (χ1) is 10.3. The van der Waals surface area contributed by atoms with Crippen LogP contribution in [0.25, 0.3) is 0 Å². The van der Waals surface area contributed by atoms with Gasteiger partial charge in [0.15, 0.2) is 5.82 Å². The van der Waals surface area contributed by atoms with Gasteiger partial charge in [0, 0.05) is 32.4 Å². The lowest BCUT2D eigenvalue weighted by atomic mass is 10.2. The van der Waals surface area contributed by atoms with Gasteiger partial charge in [0.05, 0.1) is 37.1 Å². The van der Waals surface area contributed by atoms with Crippen molar-refractivity contribution in [3.05, 3.63) is 30.9 Å². The summed E-state index contributed by atoms with van der Waals surface area (Å²) in [4.78, 5) is 17.1. The molecule has 0 saturated carbocycles. The molecule has 0 amide bonds. The molecule has 1 aliphatic heterocycles. The molecule has 0 aliphatic carbocycles. The molecule has 3 rings (SSSR count). The Morgan fingerprint density at radius 1 is 1.05 bits per heavy atom. The molecule has 7 heteroatoms. The predicted molar refractivity (Wildman–Crippen MR) is 81.7 cm³/mol. The lowest BCUT2D eigenvalue weighted by molar-refractivity contribution is 0.395. The van der Waals surface area contributed by atoms with Crippen molar-refractivity contribution < 1.29 is 4.74 Å². The molecule has 0 spiro atoms. The fraction of sp³-hybridized carbons (Fsp3) is 0.357. The average Bonchev–Trinajstić information content (AvgIpc) is 2.56. The van der Waals surface area contributed by atoms with E-state index in [1.54, 1.807) is 31.9 Å². The molecule has 0 radical (unpaired) electrons. The van der Waals surface area contributed by atoms with Crippen LogP contribution in [0.2, 0.25) is 0 Å². The van der Waals surface area contributed by atoms with Crippen molar-refractivity contribution in [3.63, 3.8) is 0 Å². The van der Waals surface area contributed by atoms with Crippen LogP contribution in [0, 0.1) is 0 Å². The second kappa shape index (κ2) is 5.82. The van der Waals surface area contributed by atoms with Gasteiger partial charge in [0.25, 0.3) is 0 Å². The first-order valence-electron chi connectivity index (χ1n) is 6.83. The molecule has 1 saturated heterocycles. The third-order valence-corrected chi connectivity index (χ3v) is 3.58. The van der Waals surface area contributed by atoms with E-state index in [-0.39, 0.29) is 0 Å². The summed E-state index contributed by atoms with van der Waals surface area (Å²) in [5, 5.41) is 0. The number of anilines is 3. The Bertz CT molecular complexity index is 612. The van der Waals surface area contributed by atoms with Gasteiger partial charge in [-0.25, -0.2) is 0 Å². The maximum absolute atomic E-state index is 5.98. The second-order valence-corrected chi connectivity index (χ2v) is 4.83. The number of nitrogens with two attached hydrogens (primary N) is 1. The number of piperazine rings is 1. The summed E-state index contributed by atoms with van der Waals surface area (Å²) >= 11 is 0. The number of methoxy groups -OCH3 is 1. The number of nitrogen functional groups attached to an aromatic ring is 1. The van der Waals surface area contributed by atoms with Gasteiger partial charge in [-0.1, -0.05) is 0 Å². The van der Waals surface area contributed by atoms with Crippen LogP contribution in [-0.4, -0.2) is 48.2 Å². The summed E-state index contributed by atoms with van der Waals surface area (Å²) in [6.07, 6.45) is 6.83. The van der Waals surface area contributed by atoms with Crippen LogP contribution in [0.15, 0.2) is 30.9 Å². The van der Waals surface area contributed by atoms with Gasteiger partial charge in [0.2, 0.25) is 5.88 Å². The zero-order chi connectivity index (χ0) is 14.7. The van der Waals surface area contributed by atoms with Crippen molar-refractivity contribution in [3.8, 4) is 5.88 Å². The number of pyridine rings is 1. The topological polar surface area (TPSA) is 80.4 Å². The number of aromatic nitrogens is 3. The molecule has 110 valence electrons. The Morgan fingerprint density at radius 3 is 2.52 bits per heavy atom. The highest BCUT2D eigenvalue weighted by Crippen LogP contribution is 2.24. The van der Waals surface area contributed by atoms with Crippen molar-refractivity contribution in [2.75, 3.05) is 48.8 Å². The molecule has 2 aromatic rings. The molecule has 3 heterocycles. The van der Waals surface area contributed by atoms with Crippen molar-refractivity contribution in [1.29, 1.82) is 0 Å². The van der Waals surface area contributed by atoms with Crippen molar-refractivity contribution in [2.45, 2.75) is 0 Å². The van der Waals surface area contributed by atoms with Crippen molar-refractivity contribution >= 4 is 17.2 Å². The van der Waals surface area contributed by atoms with Crippen LogP contribution in [0.5, 0.6) is 5.88 Å². The fourth-order valence-electron chi connectivity index (χ4n) is 2.45. The number of hydrogen-bond acceptors (Lipinski definition) is 7. The lowest BCUT2D eigenvalue weighted by Gasteiger charge is -2.36. The molecular weight excluding hydrogens is 268 g/mol. The van der Waals surface area contributed by atoms with Crippen LogP contribution in [-0.2, 0) is 0 Å². The molecule has 0 unspecified atom stereocenters. The number of ether oxygens (including phenoxy) is 1. The molecule has 0 aromatic carbocycles. The smallest absolute Gasteiger partial charge is 0.233 e.